The number of nitrogens with zero attached hydrogens (tertiary/aromatic N) is 1. The lowest BCUT2D eigenvalue weighted by atomic mass is 10.0. The highest BCUT2D eigenvalue weighted by Gasteiger charge is 2.10. The van der Waals surface area contributed by atoms with Crippen LogP contribution in [0.5, 0.6) is 0 Å². The molecule has 1 aliphatic rings. The SMILES string of the molecule is COCc1cc(Br)ccc1CCN1CCNCC1. The normalized spacial score (nSPS) is 17.0. The van der Waals surface area contributed by atoms with Gasteiger partial charge in [-0.25, -0.2) is 0 Å². The maximum absolute atomic E-state index is 5.27. The van der Waals surface area contributed by atoms with Gasteiger partial charge in [0.25, 0.3) is 0 Å². The molecule has 0 spiro atoms. The van der Waals surface area contributed by atoms with Gasteiger partial charge in [0.2, 0.25) is 0 Å². The minimum Gasteiger partial charge on any atom is -0.380 e. The van der Waals surface area contributed by atoms with E-state index in [4.69, 9.17) is 4.74 Å². The third kappa shape index (κ3) is 4.05. The van der Waals surface area contributed by atoms with Crippen LogP contribution in [-0.2, 0) is 17.8 Å². The zero-order valence-electron chi connectivity index (χ0n) is 10.9. The highest BCUT2D eigenvalue weighted by atomic mass is 79.9. The summed E-state index contributed by atoms with van der Waals surface area (Å²) in [6, 6.07) is 6.49. The molecule has 100 valence electrons. The van der Waals surface area contributed by atoms with Crippen LogP contribution in [0.2, 0.25) is 0 Å². The highest BCUT2D eigenvalue weighted by Crippen LogP contribution is 2.18. The Morgan fingerprint density at radius 2 is 2.06 bits per heavy atom. The fraction of sp³-hybridized carbons (Fsp3) is 0.571. The summed E-state index contributed by atoms with van der Waals surface area (Å²) < 4.78 is 6.40. The Morgan fingerprint density at radius 1 is 1.28 bits per heavy atom. The van der Waals surface area contributed by atoms with Crippen molar-refractivity contribution in [1.82, 2.24) is 10.2 Å². The first-order valence-electron chi connectivity index (χ1n) is 6.49. The molecular weight excluding hydrogens is 292 g/mol. The van der Waals surface area contributed by atoms with Crippen molar-refractivity contribution >= 4 is 15.9 Å². The van der Waals surface area contributed by atoms with E-state index < -0.39 is 0 Å². The molecule has 0 saturated carbocycles. The quantitative estimate of drug-likeness (QED) is 0.900. The van der Waals surface area contributed by atoms with Gasteiger partial charge in [-0.05, 0) is 29.7 Å². The number of methoxy groups -OCH3 is 1. The Kier molecular flexibility index (Phi) is 5.63. The molecule has 1 aliphatic heterocycles. The van der Waals surface area contributed by atoms with Gasteiger partial charge in [0.1, 0.15) is 0 Å². The number of rotatable bonds is 5. The van der Waals surface area contributed by atoms with Gasteiger partial charge in [-0.15, -0.1) is 0 Å². The molecule has 4 heteroatoms. The Hall–Kier alpha value is -0.420. The molecule has 18 heavy (non-hydrogen) atoms. The number of benzene rings is 1. The van der Waals surface area contributed by atoms with Gasteiger partial charge in [-0.2, -0.15) is 0 Å². The summed E-state index contributed by atoms with van der Waals surface area (Å²) in [7, 11) is 1.75. The lowest BCUT2D eigenvalue weighted by molar-refractivity contribution is 0.183. The molecular formula is C14H21BrN2O. The molecule has 3 nitrogen and oxygen atoms in total. The van der Waals surface area contributed by atoms with Crippen molar-refractivity contribution in [3.05, 3.63) is 33.8 Å². The first-order chi connectivity index (χ1) is 8.79. The second kappa shape index (κ2) is 7.24. The van der Waals surface area contributed by atoms with E-state index in [-0.39, 0.29) is 0 Å². The molecule has 1 heterocycles. The van der Waals surface area contributed by atoms with Crippen molar-refractivity contribution in [2.45, 2.75) is 13.0 Å². The number of ether oxygens (including phenoxy) is 1. The smallest absolute Gasteiger partial charge is 0.0716 e. The zero-order valence-corrected chi connectivity index (χ0v) is 12.5. The summed E-state index contributed by atoms with van der Waals surface area (Å²) in [6.45, 7) is 6.39. The van der Waals surface area contributed by atoms with Crippen LogP contribution in [0, 0.1) is 0 Å². The van der Waals surface area contributed by atoms with Crippen LogP contribution >= 0.6 is 15.9 Å². The van der Waals surface area contributed by atoms with E-state index in [0.717, 1.165) is 43.6 Å². The van der Waals surface area contributed by atoms with Crippen molar-refractivity contribution in [3.8, 4) is 0 Å². The number of halogens is 1. The van der Waals surface area contributed by atoms with Crippen molar-refractivity contribution in [3.63, 3.8) is 0 Å². The van der Waals surface area contributed by atoms with Crippen LogP contribution in [0.25, 0.3) is 0 Å². The van der Waals surface area contributed by atoms with Gasteiger partial charge in [0.15, 0.2) is 0 Å². The molecule has 2 rings (SSSR count). The van der Waals surface area contributed by atoms with Gasteiger partial charge in [0, 0.05) is 44.3 Å². The zero-order chi connectivity index (χ0) is 12.8. The van der Waals surface area contributed by atoms with E-state index in [1.165, 1.54) is 11.1 Å². The van der Waals surface area contributed by atoms with Crippen LogP contribution < -0.4 is 5.32 Å². The summed E-state index contributed by atoms with van der Waals surface area (Å²) >= 11 is 3.52. The minimum absolute atomic E-state index is 0.691. The molecule has 0 bridgehead atoms. The third-order valence-electron chi connectivity index (χ3n) is 3.38. The van der Waals surface area contributed by atoms with Crippen LogP contribution in [-0.4, -0.2) is 44.7 Å². The topological polar surface area (TPSA) is 24.5 Å². The predicted octanol–water partition coefficient (Wildman–Crippen LogP) is 2.04. The average Bonchev–Trinajstić information content (AvgIpc) is 2.39. The van der Waals surface area contributed by atoms with E-state index in [0.29, 0.717) is 6.61 Å². The number of hydrogen-bond donors (Lipinski definition) is 1. The minimum atomic E-state index is 0.691. The van der Waals surface area contributed by atoms with Gasteiger partial charge in [0.05, 0.1) is 6.61 Å². The molecule has 1 aromatic carbocycles. The Bertz CT molecular complexity index is 378. The molecule has 1 N–H and O–H groups in total. The van der Waals surface area contributed by atoms with E-state index in [2.05, 4.69) is 44.3 Å². The molecule has 1 fully saturated rings. The fourth-order valence-corrected chi connectivity index (χ4v) is 2.75. The largest absolute Gasteiger partial charge is 0.380 e. The summed E-state index contributed by atoms with van der Waals surface area (Å²) in [5.74, 6) is 0. The molecule has 0 amide bonds. The van der Waals surface area contributed by atoms with Gasteiger partial charge >= 0.3 is 0 Å². The second-order valence-corrected chi connectivity index (χ2v) is 5.60. The van der Waals surface area contributed by atoms with Crippen molar-refractivity contribution in [1.29, 1.82) is 0 Å². The van der Waals surface area contributed by atoms with E-state index in [1.54, 1.807) is 7.11 Å². The summed E-state index contributed by atoms with van der Waals surface area (Å²) in [6.07, 6.45) is 1.10. The van der Waals surface area contributed by atoms with E-state index in [1.807, 2.05) is 0 Å². The molecule has 0 radical (unpaired) electrons. The van der Waals surface area contributed by atoms with Gasteiger partial charge < -0.3 is 15.0 Å². The van der Waals surface area contributed by atoms with Crippen molar-refractivity contribution in [2.75, 3.05) is 39.8 Å². The van der Waals surface area contributed by atoms with Crippen LogP contribution in [0.3, 0.4) is 0 Å². The molecule has 1 aromatic rings. The average molecular weight is 313 g/mol. The first kappa shape index (κ1) is 14.0. The van der Waals surface area contributed by atoms with Gasteiger partial charge in [-0.3, -0.25) is 0 Å². The summed E-state index contributed by atoms with van der Waals surface area (Å²) in [4.78, 5) is 2.52. The Balaban J connectivity index is 1.94. The first-order valence-corrected chi connectivity index (χ1v) is 7.28. The third-order valence-corrected chi connectivity index (χ3v) is 3.87. The number of piperazine rings is 1. The highest BCUT2D eigenvalue weighted by molar-refractivity contribution is 9.10. The van der Waals surface area contributed by atoms with Crippen LogP contribution in [0.15, 0.2) is 22.7 Å². The van der Waals surface area contributed by atoms with Crippen LogP contribution in [0.1, 0.15) is 11.1 Å². The lowest BCUT2D eigenvalue weighted by Gasteiger charge is -2.27. The Labute approximate surface area is 118 Å². The van der Waals surface area contributed by atoms with Crippen LogP contribution in [0.4, 0.5) is 0 Å². The molecule has 0 atom stereocenters. The predicted molar refractivity (Wildman–Crippen MR) is 77.9 cm³/mol. The van der Waals surface area contributed by atoms with E-state index >= 15 is 0 Å². The Morgan fingerprint density at radius 3 is 2.78 bits per heavy atom. The van der Waals surface area contributed by atoms with E-state index in [9.17, 15) is 0 Å². The maximum Gasteiger partial charge on any atom is 0.0716 e. The summed E-state index contributed by atoms with van der Waals surface area (Å²) in [5, 5.41) is 3.38. The van der Waals surface area contributed by atoms with Gasteiger partial charge in [-0.1, -0.05) is 22.0 Å². The molecule has 0 aliphatic carbocycles. The number of hydrogen-bond acceptors (Lipinski definition) is 3. The van der Waals surface area contributed by atoms with Crippen molar-refractivity contribution in [2.24, 2.45) is 0 Å². The van der Waals surface area contributed by atoms with Crippen molar-refractivity contribution < 1.29 is 4.74 Å². The lowest BCUT2D eigenvalue weighted by Crippen LogP contribution is -2.44. The monoisotopic (exact) mass is 312 g/mol. The molecule has 1 saturated heterocycles. The number of nitrogens with one attached hydrogen (secondary N) is 1. The standard InChI is InChI=1S/C14H21BrN2O/c1-18-11-13-10-14(15)3-2-12(13)4-7-17-8-5-16-6-9-17/h2-3,10,16H,4-9,11H2,1H3. The molecule has 0 aromatic heterocycles. The molecule has 0 unspecified atom stereocenters. The second-order valence-electron chi connectivity index (χ2n) is 4.69. The summed E-state index contributed by atoms with van der Waals surface area (Å²) in [5.41, 5.74) is 2.69. The fourth-order valence-electron chi connectivity index (χ4n) is 2.34. The maximum atomic E-state index is 5.27.